The summed E-state index contributed by atoms with van der Waals surface area (Å²) in [6, 6.07) is 12.1. The topological polar surface area (TPSA) is 84.9 Å². The maximum Gasteiger partial charge on any atom is 0.243 e. The molecule has 0 spiro atoms. The molecule has 0 bridgehead atoms. The van der Waals surface area contributed by atoms with E-state index in [9.17, 15) is 13.2 Å². The molecule has 2 heterocycles. The second-order valence-electron chi connectivity index (χ2n) is 6.98. The monoisotopic (exact) mass is 480 g/mol. The Morgan fingerprint density at radius 2 is 1.76 bits per heavy atom. The number of sulfonamides is 1. The molecular weight excluding hydrogens is 460 g/mol. The van der Waals surface area contributed by atoms with Crippen LogP contribution in [0.2, 0.25) is 0 Å². The molecule has 29 heavy (non-hydrogen) atoms. The summed E-state index contributed by atoms with van der Waals surface area (Å²) < 4.78 is 39.3. The molecular formula is C20H21BrN2O5S. The number of carbonyl (C=O) groups is 1. The van der Waals surface area contributed by atoms with E-state index < -0.39 is 10.0 Å². The molecule has 0 aliphatic carbocycles. The van der Waals surface area contributed by atoms with Crippen molar-refractivity contribution in [2.24, 2.45) is 5.92 Å². The van der Waals surface area contributed by atoms with Gasteiger partial charge < -0.3 is 14.8 Å². The van der Waals surface area contributed by atoms with Gasteiger partial charge in [-0.25, -0.2) is 8.42 Å². The Hall–Kier alpha value is -2.10. The van der Waals surface area contributed by atoms with Gasteiger partial charge in [0.05, 0.1) is 4.90 Å². The van der Waals surface area contributed by atoms with Crippen molar-refractivity contribution in [1.82, 2.24) is 4.31 Å². The normalized spacial score (nSPS) is 17.7. The summed E-state index contributed by atoms with van der Waals surface area (Å²) in [5.41, 5.74) is 0.718. The van der Waals surface area contributed by atoms with Gasteiger partial charge >= 0.3 is 0 Å². The summed E-state index contributed by atoms with van der Waals surface area (Å²) >= 11 is 3.38. The number of carbonyl (C=O) groups excluding carboxylic acids is 1. The number of ether oxygens (including phenoxy) is 2. The first kappa shape index (κ1) is 20.2. The maximum absolute atomic E-state index is 13.0. The number of fused-ring (bicyclic) bond motifs is 1. The van der Waals surface area contributed by atoms with Crippen LogP contribution in [-0.4, -0.2) is 44.9 Å². The van der Waals surface area contributed by atoms with E-state index in [4.69, 9.17) is 9.47 Å². The van der Waals surface area contributed by atoms with Crippen molar-refractivity contribution in [3.05, 3.63) is 46.9 Å². The van der Waals surface area contributed by atoms with Crippen LogP contribution in [0.25, 0.3) is 0 Å². The molecule has 0 radical (unpaired) electrons. The SMILES string of the molecule is O=C(Nc1cccc(Br)c1)C1CCN(S(=O)(=O)c2ccc3c(c2)OCCO3)CC1. The number of nitrogens with one attached hydrogen (secondary N) is 1. The molecule has 2 aromatic rings. The number of piperidine rings is 1. The quantitative estimate of drug-likeness (QED) is 0.725. The van der Waals surface area contributed by atoms with Crippen molar-refractivity contribution in [2.45, 2.75) is 17.7 Å². The third-order valence-electron chi connectivity index (χ3n) is 5.07. The van der Waals surface area contributed by atoms with Crippen LogP contribution in [0.3, 0.4) is 0 Å². The molecule has 0 unspecified atom stereocenters. The number of nitrogens with zero attached hydrogens (tertiary/aromatic N) is 1. The van der Waals surface area contributed by atoms with Gasteiger partial charge in [0, 0.05) is 35.2 Å². The zero-order valence-electron chi connectivity index (χ0n) is 15.6. The molecule has 1 N–H and O–H groups in total. The van der Waals surface area contributed by atoms with Gasteiger partial charge in [0.25, 0.3) is 0 Å². The third kappa shape index (κ3) is 4.41. The molecule has 0 atom stereocenters. The molecule has 0 saturated carbocycles. The van der Waals surface area contributed by atoms with Crippen molar-refractivity contribution in [3.8, 4) is 11.5 Å². The fourth-order valence-electron chi connectivity index (χ4n) is 3.50. The summed E-state index contributed by atoms with van der Waals surface area (Å²) in [6.07, 6.45) is 0.952. The molecule has 2 aliphatic rings. The Kier molecular flexibility index (Phi) is 5.80. The fourth-order valence-corrected chi connectivity index (χ4v) is 5.39. The van der Waals surface area contributed by atoms with Gasteiger partial charge in [-0.3, -0.25) is 4.79 Å². The van der Waals surface area contributed by atoms with Gasteiger partial charge in [-0.1, -0.05) is 22.0 Å². The van der Waals surface area contributed by atoms with Crippen molar-refractivity contribution in [2.75, 3.05) is 31.6 Å². The minimum Gasteiger partial charge on any atom is -0.486 e. The summed E-state index contributed by atoms with van der Waals surface area (Å²) in [4.78, 5) is 12.7. The molecule has 7 nitrogen and oxygen atoms in total. The Morgan fingerprint density at radius 3 is 2.48 bits per heavy atom. The lowest BCUT2D eigenvalue weighted by Crippen LogP contribution is -2.41. The lowest BCUT2D eigenvalue weighted by Gasteiger charge is -2.30. The fraction of sp³-hybridized carbons (Fsp3) is 0.350. The summed E-state index contributed by atoms with van der Waals surface area (Å²) in [6.45, 7) is 1.45. The number of anilines is 1. The average Bonchev–Trinajstić information content (AvgIpc) is 2.73. The van der Waals surface area contributed by atoms with E-state index >= 15 is 0 Å². The van der Waals surface area contributed by atoms with Crippen LogP contribution in [0, 0.1) is 5.92 Å². The highest BCUT2D eigenvalue weighted by atomic mass is 79.9. The summed E-state index contributed by atoms with van der Waals surface area (Å²) in [7, 11) is -3.65. The van der Waals surface area contributed by atoms with E-state index in [2.05, 4.69) is 21.2 Å². The van der Waals surface area contributed by atoms with Crippen LogP contribution in [0.1, 0.15) is 12.8 Å². The van der Waals surface area contributed by atoms with E-state index in [0.29, 0.717) is 50.6 Å². The van der Waals surface area contributed by atoms with E-state index in [1.54, 1.807) is 6.07 Å². The standard InChI is InChI=1S/C20H21BrN2O5S/c21-15-2-1-3-16(12-15)22-20(24)14-6-8-23(9-7-14)29(25,26)17-4-5-18-19(13-17)28-11-10-27-18/h1-5,12-14H,6-11H2,(H,22,24). The van der Waals surface area contributed by atoms with Gasteiger partial charge in [-0.2, -0.15) is 4.31 Å². The molecule has 4 rings (SSSR count). The lowest BCUT2D eigenvalue weighted by molar-refractivity contribution is -0.120. The van der Waals surface area contributed by atoms with Crippen LogP contribution in [0.5, 0.6) is 11.5 Å². The van der Waals surface area contributed by atoms with Crippen LogP contribution < -0.4 is 14.8 Å². The highest BCUT2D eigenvalue weighted by Crippen LogP contribution is 2.34. The largest absolute Gasteiger partial charge is 0.486 e. The van der Waals surface area contributed by atoms with Crippen molar-refractivity contribution < 1.29 is 22.7 Å². The van der Waals surface area contributed by atoms with Crippen LogP contribution in [0.4, 0.5) is 5.69 Å². The van der Waals surface area contributed by atoms with Gasteiger partial charge in [0.15, 0.2) is 11.5 Å². The third-order valence-corrected chi connectivity index (χ3v) is 7.46. The lowest BCUT2D eigenvalue weighted by atomic mass is 9.97. The highest BCUT2D eigenvalue weighted by Gasteiger charge is 2.33. The minimum atomic E-state index is -3.65. The average molecular weight is 481 g/mol. The van der Waals surface area contributed by atoms with Gasteiger partial charge in [0.2, 0.25) is 15.9 Å². The number of rotatable bonds is 4. The number of hydrogen-bond donors (Lipinski definition) is 1. The van der Waals surface area contributed by atoms with Crippen molar-refractivity contribution >= 4 is 37.5 Å². The Balaban J connectivity index is 1.40. The summed E-state index contributed by atoms with van der Waals surface area (Å²) in [5, 5.41) is 2.90. The second kappa shape index (κ2) is 8.33. The van der Waals surface area contributed by atoms with Gasteiger partial charge in [-0.15, -0.1) is 0 Å². The molecule has 1 amide bonds. The van der Waals surface area contributed by atoms with Gasteiger partial charge in [-0.05, 0) is 43.2 Å². The first-order valence-corrected chi connectivity index (χ1v) is 11.6. The molecule has 1 fully saturated rings. The molecule has 1 saturated heterocycles. The smallest absolute Gasteiger partial charge is 0.243 e. The van der Waals surface area contributed by atoms with E-state index in [-0.39, 0.29) is 16.7 Å². The number of halogens is 1. The molecule has 2 aliphatic heterocycles. The zero-order chi connectivity index (χ0) is 20.4. The van der Waals surface area contributed by atoms with E-state index in [1.165, 1.54) is 16.4 Å². The molecule has 2 aromatic carbocycles. The number of benzene rings is 2. The van der Waals surface area contributed by atoms with Crippen LogP contribution >= 0.6 is 15.9 Å². The van der Waals surface area contributed by atoms with E-state index in [0.717, 1.165) is 10.2 Å². The number of hydrogen-bond acceptors (Lipinski definition) is 5. The van der Waals surface area contributed by atoms with Crippen LogP contribution in [0.15, 0.2) is 51.8 Å². The Bertz CT molecular complexity index is 1020. The first-order valence-electron chi connectivity index (χ1n) is 9.40. The second-order valence-corrected chi connectivity index (χ2v) is 9.84. The predicted octanol–water partition coefficient (Wildman–Crippen LogP) is 3.26. The highest BCUT2D eigenvalue weighted by molar-refractivity contribution is 9.10. The molecule has 0 aromatic heterocycles. The van der Waals surface area contributed by atoms with Crippen LogP contribution in [-0.2, 0) is 14.8 Å². The molecule has 154 valence electrons. The minimum absolute atomic E-state index is 0.0838. The Labute approximate surface area is 178 Å². The van der Waals surface area contributed by atoms with Gasteiger partial charge in [0.1, 0.15) is 13.2 Å². The van der Waals surface area contributed by atoms with Crippen molar-refractivity contribution in [3.63, 3.8) is 0 Å². The molecule has 9 heteroatoms. The zero-order valence-corrected chi connectivity index (χ0v) is 18.0. The Morgan fingerprint density at radius 1 is 1.03 bits per heavy atom. The number of amides is 1. The predicted molar refractivity (Wildman–Crippen MR) is 112 cm³/mol. The maximum atomic E-state index is 13.0. The van der Waals surface area contributed by atoms with E-state index in [1.807, 2.05) is 24.3 Å². The van der Waals surface area contributed by atoms with Crippen molar-refractivity contribution in [1.29, 1.82) is 0 Å². The summed E-state index contributed by atoms with van der Waals surface area (Å²) in [5.74, 6) is 0.693. The first-order chi connectivity index (χ1) is 13.9.